The number of hydrogen-bond acceptors (Lipinski definition) is 5. The van der Waals surface area contributed by atoms with Crippen molar-refractivity contribution in [2.75, 3.05) is 13.1 Å². The molecule has 1 aliphatic heterocycles. The lowest BCUT2D eigenvalue weighted by molar-refractivity contribution is -0.276. The van der Waals surface area contributed by atoms with Gasteiger partial charge >= 0.3 is 0 Å². The first-order valence-electron chi connectivity index (χ1n) is 15.2. The third kappa shape index (κ3) is 7.37. The molecule has 0 unspecified atom stereocenters. The number of carbonyl (C=O) groups excluding carboxylic acids is 1. The number of carbonyl (C=O) groups is 1. The van der Waals surface area contributed by atoms with Gasteiger partial charge in [0.15, 0.2) is 6.29 Å². The molecule has 2 N–H and O–H groups in total. The van der Waals surface area contributed by atoms with Crippen LogP contribution < -0.4 is 5.32 Å². The van der Waals surface area contributed by atoms with Gasteiger partial charge in [-0.15, -0.1) is 6.58 Å². The molecule has 1 amide bonds. The monoisotopic (exact) mass is 568 g/mol. The lowest BCUT2D eigenvalue weighted by Gasteiger charge is -2.43. The summed E-state index contributed by atoms with van der Waals surface area (Å²) in [4.78, 5) is 13.9. The summed E-state index contributed by atoms with van der Waals surface area (Å²) in [5, 5.41) is 12.4. The lowest BCUT2D eigenvalue weighted by Crippen LogP contribution is -2.47. The topological polar surface area (TPSA) is 71.0 Å². The zero-order chi connectivity index (χ0) is 29.5. The van der Waals surface area contributed by atoms with Gasteiger partial charge in [-0.05, 0) is 46.7 Å². The molecule has 6 nitrogen and oxygen atoms in total. The summed E-state index contributed by atoms with van der Waals surface area (Å²) < 4.78 is 13.5. The van der Waals surface area contributed by atoms with E-state index in [2.05, 4.69) is 72.3 Å². The van der Waals surface area contributed by atoms with Crippen LogP contribution in [-0.4, -0.2) is 41.1 Å². The van der Waals surface area contributed by atoms with E-state index in [9.17, 15) is 9.90 Å². The predicted octanol–water partition coefficient (Wildman–Crippen LogP) is 6.70. The molecule has 0 bridgehead atoms. The van der Waals surface area contributed by atoms with Crippen LogP contribution >= 0.6 is 0 Å². The summed E-state index contributed by atoms with van der Waals surface area (Å²) in [6, 6.07) is 25.3. The zero-order valence-electron chi connectivity index (χ0n) is 24.9. The Morgan fingerprint density at radius 3 is 2.36 bits per heavy atom. The Balaban J connectivity index is 1.39. The first-order chi connectivity index (χ1) is 20.4. The summed E-state index contributed by atoms with van der Waals surface area (Å²) in [5.41, 5.74) is 6.23. The van der Waals surface area contributed by atoms with E-state index in [0.29, 0.717) is 12.6 Å². The second-order valence-electron chi connectivity index (χ2n) is 11.7. The van der Waals surface area contributed by atoms with E-state index >= 15 is 0 Å². The molecule has 2 aliphatic rings. The molecule has 3 aromatic carbocycles. The molecule has 4 atom stereocenters. The van der Waals surface area contributed by atoms with E-state index < -0.39 is 6.29 Å². The molecule has 0 aromatic heterocycles. The van der Waals surface area contributed by atoms with E-state index in [4.69, 9.17) is 9.47 Å². The largest absolute Gasteiger partial charge is 0.392 e. The van der Waals surface area contributed by atoms with Gasteiger partial charge in [-0.1, -0.05) is 92.6 Å². The van der Waals surface area contributed by atoms with Crippen molar-refractivity contribution in [3.63, 3.8) is 0 Å². The minimum atomic E-state index is -0.497. The zero-order valence-corrected chi connectivity index (χ0v) is 24.9. The molecule has 222 valence electrons. The van der Waals surface area contributed by atoms with Crippen LogP contribution in [0.25, 0.3) is 11.1 Å². The first kappa shape index (κ1) is 30.2. The molecule has 2 fully saturated rings. The smallest absolute Gasteiger partial charge is 0.217 e. The molecule has 1 aliphatic carbocycles. The quantitative estimate of drug-likeness (QED) is 0.252. The Labute approximate surface area is 250 Å². The van der Waals surface area contributed by atoms with Gasteiger partial charge in [-0.25, -0.2) is 0 Å². The van der Waals surface area contributed by atoms with E-state index in [-0.39, 0.29) is 30.6 Å². The van der Waals surface area contributed by atoms with Crippen molar-refractivity contribution < 1.29 is 19.4 Å². The molecule has 0 radical (unpaired) electrons. The number of aliphatic hydroxyl groups excluding tert-OH is 1. The Hall–Kier alpha value is -3.29. The molecule has 0 spiro atoms. The van der Waals surface area contributed by atoms with Crippen LogP contribution in [0.3, 0.4) is 0 Å². The Morgan fingerprint density at radius 1 is 0.976 bits per heavy atom. The van der Waals surface area contributed by atoms with Crippen LogP contribution in [0, 0.1) is 5.92 Å². The predicted molar refractivity (Wildman–Crippen MR) is 166 cm³/mol. The molecule has 1 saturated carbocycles. The van der Waals surface area contributed by atoms with Crippen molar-refractivity contribution in [1.82, 2.24) is 10.2 Å². The fourth-order valence-corrected chi connectivity index (χ4v) is 6.29. The van der Waals surface area contributed by atoms with Gasteiger partial charge in [0, 0.05) is 44.1 Å². The van der Waals surface area contributed by atoms with Crippen molar-refractivity contribution in [3.8, 4) is 11.1 Å². The van der Waals surface area contributed by atoms with E-state index in [0.717, 1.165) is 46.5 Å². The highest BCUT2D eigenvalue weighted by Gasteiger charge is 2.40. The summed E-state index contributed by atoms with van der Waals surface area (Å²) >= 11 is 0. The van der Waals surface area contributed by atoms with E-state index in [1.807, 2.05) is 30.3 Å². The molecular formula is C36H44N2O4. The fourth-order valence-electron chi connectivity index (χ4n) is 6.29. The third-order valence-corrected chi connectivity index (χ3v) is 8.73. The Morgan fingerprint density at radius 2 is 1.69 bits per heavy atom. The number of rotatable bonds is 11. The van der Waals surface area contributed by atoms with E-state index in [1.165, 1.54) is 32.6 Å². The van der Waals surface area contributed by atoms with Gasteiger partial charge in [-0.3, -0.25) is 9.69 Å². The molecular weight excluding hydrogens is 524 g/mol. The lowest BCUT2D eigenvalue weighted by atomic mass is 9.89. The maximum absolute atomic E-state index is 11.4. The van der Waals surface area contributed by atoms with Crippen LogP contribution in [0.15, 0.2) is 85.5 Å². The molecule has 3 aromatic rings. The minimum absolute atomic E-state index is 0.0167. The third-order valence-electron chi connectivity index (χ3n) is 8.73. The second kappa shape index (κ2) is 14.3. The second-order valence-corrected chi connectivity index (χ2v) is 11.7. The van der Waals surface area contributed by atoms with Gasteiger partial charge in [0.1, 0.15) is 0 Å². The number of benzene rings is 3. The van der Waals surface area contributed by atoms with Crippen LogP contribution in [0.2, 0.25) is 0 Å². The van der Waals surface area contributed by atoms with Crippen molar-refractivity contribution in [2.24, 2.45) is 5.92 Å². The number of ether oxygens (including phenoxy) is 2. The maximum atomic E-state index is 11.4. The van der Waals surface area contributed by atoms with Crippen molar-refractivity contribution in [3.05, 3.63) is 108 Å². The van der Waals surface area contributed by atoms with Crippen LogP contribution in [0.1, 0.15) is 74.2 Å². The van der Waals surface area contributed by atoms with Crippen LogP contribution in [-0.2, 0) is 27.4 Å². The normalized spacial score (nSPS) is 22.8. The maximum Gasteiger partial charge on any atom is 0.217 e. The van der Waals surface area contributed by atoms with Gasteiger partial charge < -0.3 is 19.9 Å². The highest BCUT2D eigenvalue weighted by molar-refractivity contribution is 5.73. The number of nitrogens with one attached hydrogen (secondary N) is 1. The fraction of sp³-hybridized carbons (Fsp3) is 0.417. The van der Waals surface area contributed by atoms with Crippen molar-refractivity contribution >= 4 is 5.91 Å². The Bertz CT molecular complexity index is 1320. The highest BCUT2D eigenvalue weighted by Crippen LogP contribution is 2.42. The summed E-state index contributed by atoms with van der Waals surface area (Å²) in [5.74, 6) is 0.101. The average Bonchev–Trinajstić information content (AvgIpc) is 3.56. The highest BCUT2D eigenvalue weighted by atomic mass is 16.7. The van der Waals surface area contributed by atoms with Crippen LogP contribution in [0.4, 0.5) is 0 Å². The first-order valence-corrected chi connectivity index (χ1v) is 15.2. The summed E-state index contributed by atoms with van der Waals surface area (Å²) in [7, 11) is 0. The van der Waals surface area contributed by atoms with E-state index in [1.54, 1.807) is 0 Å². The van der Waals surface area contributed by atoms with Gasteiger partial charge in [0.05, 0.1) is 18.8 Å². The number of aliphatic hydroxyl groups is 1. The number of hydrogen-bond donors (Lipinski definition) is 2. The number of amides is 1. The average molecular weight is 569 g/mol. The summed E-state index contributed by atoms with van der Waals surface area (Å²) in [6.07, 6.45) is 6.39. The van der Waals surface area contributed by atoms with Gasteiger partial charge in [0.2, 0.25) is 5.91 Å². The van der Waals surface area contributed by atoms with Gasteiger partial charge in [0.25, 0.3) is 0 Å². The SMILES string of the molecule is C=CCN(C[C@H]1O[C@@H](c2ccc(-c3cccc(CNC(C)=O)c3)cc2)O[C@@H](c2ccc(CO)cc2)[C@H]1C)C1CCCC1. The van der Waals surface area contributed by atoms with Crippen molar-refractivity contribution in [2.45, 2.75) is 77.2 Å². The Kier molecular flexibility index (Phi) is 10.2. The minimum Gasteiger partial charge on any atom is -0.392 e. The molecule has 6 heteroatoms. The molecule has 1 saturated heterocycles. The van der Waals surface area contributed by atoms with Crippen LogP contribution in [0.5, 0.6) is 0 Å². The van der Waals surface area contributed by atoms with Gasteiger partial charge in [-0.2, -0.15) is 0 Å². The molecule has 42 heavy (non-hydrogen) atoms. The van der Waals surface area contributed by atoms with Crippen molar-refractivity contribution in [1.29, 1.82) is 0 Å². The molecule has 1 heterocycles. The summed E-state index contributed by atoms with van der Waals surface area (Å²) in [6.45, 7) is 10.0. The number of nitrogens with zero attached hydrogens (tertiary/aromatic N) is 1. The standard InChI is InChI=1S/C36H44N2O4/c1-4-20-38(33-10-5-6-11-33)23-34-25(2)35(30-14-12-27(24-39)13-15-30)42-36(41-34)31-18-16-29(17-19-31)32-9-7-8-28(21-32)22-37-26(3)40/h4,7-9,12-19,21,25,33-36,39H,1,5-6,10-11,20,22-24H2,2-3H3,(H,37,40)/t25-,34+,35+,36+/m0/s1. The molecule has 5 rings (SSSR count).